The monoisotopic (exact) mass is 393 g/mol. The molecule has 0 aliphatic heterocycles. The predicted molar refractivity (Wildman–Crippen MR) is 116 cm³/mol. The fraction of sp³-hybridized carbons (Fsp3) is 0.292. The number of rotatable bonds is 10. The van der Waals surface area contributed by atoms with Crippen LogP contribution in [-0.2, 0) is 13.2 Å². The molecular formula is C24H27NO4. The second kappa shape index (κ2) is 9.82. The second-order valence-electron chi connectivity index (χ2n) is 6.73. The number of hydrogen-bond acceptors (Lipinski definition) is 4. The molecule has 0 saturated heterocycles. The Bertz CT molecular complexity index is 1020. The smallest absolute Gasteiger partial charge is 0.297 e. The van der Waals surface area contributed by atoms with Gasteiger partial charge in [-0.05, 0) is 24.1 Å². The molecule has 0 atom stereocenters. The van der Waals surface area contributed by atoms with Crippen molar-refractivity contribution in [1.29, 1.82) is 0 Å². The summed E-state index contributed by atoms with van der Waals surface area (Å²) in [7, 11) is 1.55. The SMILES string of the molecule is C=CCOc1c(OC)c2ccc(OCc3ccccc3)cc2n(CCCC)c1=O. The molecule has 29 heavy (non-hydrogen) atoms. The summed E-state index contributed by atoms with van der Waals surface area (Å²) in [6, 6.07) is 15.7. The van der Waals surface area contributed by atoms with Gasteiger partial charge in [0.15, 0.2) is 5.75 Å². The van der Waals surface area contributed by atoms with Gasteiger partial charge in [-0.25, -0.2) is 0 Å². The van der Waals surface area contributed by atoms with E-state index >= 15 is 0 Å². The second-order valence-corrected chi connectivity index (χ2v) is 6.73. The van der Waals surface area contributed by atoms with E-state index in [4.69, 9.17) is 14.2 Å². The van der Waals surface area contributed by atoms with E-state index in [1.54, 1.807) is 17.8 Å². The highest BCUT2D eigenvalue weighted by molar-refractivity contribution is 5.89. The summed E-state index contributed by atoms with van der Waals surface area (Å²) in [5.41, 5.74) is 1.66. The molecule has 0 radical (unpaired) electrons. The van der Waals surface area contributed by atoms with Crippen molar-refractivity contribution >= 4 is 10.9 Å². The molecule has 0 aliphatic carbocycles. The summed E-state index contributed by atoms with van der Waals surface area (Å²) in [5.74, 6) is 1.36. The summed E-state index contributed by atoms with van der Waals surface area (Å²) in [5, 5.41) is 0.814. The first-order chi connectivity index (χ1) is 14.2. The number of fused-ring (bicyclic) bond motifs is 1. The van der Waals surface area contributed by atoms with E-state index in [1.165, 1.54) is 0 Å². The minimum Gasteiger partial charge on any atom is -0.492 e. The van der Waals surface area contributed by atoms with Crippen LogP contribution in [0.25, 0.3) is 10.9 Å². The van der Waals surface area contributed by atoms with Gasteiger partial charge in [-0.2, -0.15) is 0 Å². The van der Waals surface area contributed by atoms with E-state index in [1.807, 2.05) is 48.5 Å². The largest absolute Gasteiger partial charge is 0.492 e. The van der Waals surface area contributed by atoms with Crippen molar-refractivity contribution in [1.82, 2.24) is 4.57 Å². The topological polar surface area (TPSA) is 49.7 Å². The first-order valence-electron chi connectivity index (χ1n) is 9.84. The first-order valence-corrected chi connectivity index (χ1v) is 9.84. The molecule has 2 aromatic carbocycles. The highest BCUT2D eigenvalue weighted by atomic mass is 16.5. The molecular weight excluding hydrogens is 366 g/mol. The Morgan fingerprint density at radius 1 is 1.07 bits per heavy atom. The van der Waals surface area contributed by atoms with Gasteiger partial charge in [-0.3, -0.25) is 4.79 Å². The van der Waals surface area contributed by atoms with Crippen LogP contribution in [0.4, 0.5) is 0 Å². The van der Waals surface area contributed by atoms with E-state index in [9.17, 15) is 4.79 Å². The molecule has 1 aromatic heterocycles. The van der Waals surface area contributed by atoms with Crippen LogP contribution in [0.2, 0.25) is 0 Å². The van der Waals surface area contributed by atoms with Gasteiger partial charge in [0.05, 0.1) is 12.6 Å². The minimum absolute atomic E-state index is 0.204. The van der Waals surface area contributed by atoms with Crippen LogP contribution in [0.3, 0.4) is 0 Å². The van der Waals surface area contributed by atoms with Crippen molar-refractivity contribution in [2.75, 3.05) is 13.7 Å². The zero-order valence-electron chi connectivity index (χ0n) is 17.0. The van der Waals surface area contributed by atoms with Crippen molar-refractivity contribution in [3.05, 3.63) is 77.1 Å². The van der Waals surface area contributed by atoms with Crippen molar-refractivity contribution in [3.63, 3.8) is 0 Å². The zero-order chi connectivity index (χ0) is 20.6. The van der Waals surface area contributed by atoms with E-state index in [0.717, 1.165) is 29.3 Å². The molecule has 5 nitrogen and oxygen atoms in total. The quantitative estimate of drug-likeness (QED) is 0.457. The van der Waals surface area contributed by atoms with E-state index in [-0.39, 0.29) is 17.9 Å². The summed E-state index contributed by atoms with van der Waals surface area (Å²) < 4.78 is 18.9. The van der Waals surface area contributed by atoms with E-state index < -0.39 is 0 Å². The number of aryl methyl sites for hydroxylation is 1. The Morgan fingerprint density at radius 3 is 2.55 bits per heavy atom. The molecule has 0 unspecified atom stereocenters. The molecule has 5 heteroatoms. The lowest BCUT2D eigenvalue weighted by Crippen LogP contribution is -2.23. The number of ether oxygens (including phenoxy) is 3. The van der Waals surface area contributed by atoms with Gasteiger partial charge in [0, 0.05) is 18.0 Å². The normalized spacial score (nSPS) is 10.7. The summed E-state index contributed by atoms with van der Waals surface area (Å²) in [6.07, 6.45) is 3.48. The third-order valence-corrected chi connectivity index (χ3v) is 4.68. The molecule has 152 valence electrons. The third-order valence-electron chi connectivity index (χ3n) is 4.68. The fourth-order valence-corrected chi connectivity index (χ4v) is 3.22. The molecule has 3 aromatic rings. The Kier molecular flexibility index (Phi) is 6.95. The minimum atomic E-state index is -0.204. The molecule has 0 saturated carbocycles. The summed E-state index contributed by atoms with van der Waals surface area (Å²) in [6.45, 7) is 7.06. The van der Waals surface area contributed by atoms with Crippen LogP contribution in [0.1, 0.15) is 25.3 Å². The van der Waals surface area contributed by atoms with Crippen molar-refractivity contribution in [3.8, 4) is 17.2 Å². The van der Waals surface area contributed by atoms with E-state index in [2.05, 4.69) is 13.5 Å². The van der Waals surface area contributed by atoms with Crippen LogP contribution >= 0.6 is 0 Å². The summed E-state index contributed by atoms with van der Waals surface area (Å²) in [4.78, 5) is 13.1. The molecule has 0 fully saturated rings. The number of pyridine rings is 1. The average Bonchev–Trinajstić information content (AvgIpc) is 2.76. The Labute approximate surface area is 171 Å². The lowest BCUT2D eigenvalue weighted by Gasteiger charge is -2.18. The predicted octanol–water partition coefficient (Wildman–Crippen LogP) is 4.95. The Hall–Kier alpha value is -3.21. The van der Waals surface area contributed by atoms with Crippen LogP contribution in [0.15, 0.2) is 66.0 Å². The molecule has 0 amide bonds. The Morgan fingerprint density at radius 2 is 1.86 bits per heavy atom. The van der Waals surface area contributed by atoms with Gasteiger partial charge in [0.25, 0.3) is 5.56 Å². The maximum atomic E-state index is 13.1. The summed E-state index contributed by atoms with van der Waals surface area (Å²) >= 11 is 0. The van der Waals surface area contributed by atoms with Crippen LogP contribution in [0.5, 0.6) is 17.2 Å². The molecule has 0 spiro atoms. The van der Waals surface area contributed by atoms with Gasteiger partial charge < -0.3 is 18.8 Å². The highest BCUT2D eigenvalue weighted by Gasteiger charge is 2.19. The number of hydrogen-bond donors (Lipinski definition) is 0. The zero-order valence-corrected chi connectivity index (χ0v) is 17.0. The van der Waals surface area contributed by atoms with Crippen molar-refractivity contribution < 1.29 is 14.2 Å². The van der Waals surface area contributed by atoms with Gasteiger partial charge in [0.2, 0.25) is 5.75 Å². The standard InChI is InChI=1S/C24H27NO4/c1-4-6-14-25-21-16-19(29-17-18-10-8-7-9-11-18)12-13-20(21)22(27-3)23(24(25)26)28-15-5-2/h5,7-13,16H,2,4,6,14-15,17H2,1,3H3. The molecule has 1 heterocycles. The number of aromatic nitrogens is 1. The first kappa shape index (κ1) is 20.5. The third kappa shape index (κ3) is 4.62. The number of benzene rings is 2. The van der Waals surface area contributed by atoms with Crippen LogP contribution in [0, 0.1) is 0 Å². The van der Waals surface area contributed by atoms with Crippen molar-refractivity contribution in [2.24, 2.45) is 0 Å². The van der Waals surface area contributed by atoms with E-state index in [0.29, 0.717) is 24.7 Å². The number of methoxy groups -OCH3 is 1. The lowest BCUT2D eigenvalue weighted by molar-refractivity contribution is 0.306. The highest BCUT2D eigenvalue weighted by Crippen LogP contribution is 2.34. The Balaban J connectivity index is 2.06. The average molecular weight is 393 g/mol. The maximum absolute atomic E-state index is 13.1. The number of nitrogens with zero attached hydrogens (tertiary/aromatic N) is 1. The molecule has 0 aliphatic rings. The van der Waals surface area contributed by atoms with Crippen LogP contribution in [-0.4, -0.2) is 18.3 Å². The molecule has 0 N–H and O–H groups in total. The lowest BCUT2D eigenvalue weighted by atomic mass is 10.1. The van der Waals surface area contributed by atoms with Gasteiger partial charge in [0.1, 0.15) is 19.0 Å². The number of unbranched alkanes of at least 4 members (excludes halogenated alkanes) is 1. The molecule has 0 bridgehead atoms. The fourth-order valence-electron chi connectivity index (χ4n) is 3.22. The van der Waals surface area contributed by atoms with Gasteiger partial charge >= 0.3 is 0 Å². The molecule has 3 rings (SSSR count). The van der Waals surface area contributed by atoms with Crippen molar-refractivity contribution in [2.45, 2.75) is 32.9 Å². The maximum Gasteiger partial charge on any atom is 0.297 e. The van der Waals surface area contributed by atoms with Gasteiger partial charge in [-0.1, -0.05) is 56.3 Å². The van der Waals surface area contributed by atoms with Gasteiger partial charge in [-0.15, -0.1) is 0 Å². The van der Waals surface area contributed by atoms with Crippen LogP contribution < -0.4 is 19.8 Å².